The van der Waals surface area contributed by atoms with Crippen molar-refractivity contribution in [1.29, 1.82) is 0 Å². The fourth-order valence-corrected chi connectivity index (χ4v) is 0.693. The Bertz CT molecular complexity index is 165. The Hall–Kier alpha value is -0.940. The first-order chi connectivity index (χ1) is 5.91. The summed E-state index contributed by atoms with van der Waals surface area (Å²) >= 11 is 0. The lowest BCUT2D eigenvalue weighted by molar-refractivity contribution is -0.161. The highest BCUT2D eigenvalue weighted by Gasteiger charge is 2.14. The van der Waals surface area contributed by atoms with Gasteiger partial charge in [0, 0.05) is 0 Å². The summed E-state index contributed by atoms with van der Waals surface area (Å²) in [5.41, 5.74) is 0. The van der Waals surface area contributed by atoms with Crippen LogP contribution in [0, 0.1) is 0 Å². The fraction of sp³-hybridized carbons (Fsp3) is 0.750. The summed E-state index contributed by atoms with van der Waals surface area (Å²) in [5.74, 6) is -1.55. The van der Waals surface area contributed by atoms with E-state index in [2.05, 4.69) is 4.74 Å². The molecular formula is C8H14O5. The number of hydrogen-bond acceptors (Lipinski definition) is 5. The number of carbonyl (C=O) groups is 2. The van der Waals surface area contributed by atoms with Crippen LogP contribution >= 0.6 is 0 Å². The molecule has 0 aromatic heterocycles. The van der Waals surface area contributed by atoms with E-state index in [1.807, 2.05) is 0 Å². The van der Waals surface area contributed by atoms with Gasteiger partial charge in [-0.3, -0.25) is 9.59 Å². The molecule has 13 heavy (non-hydrogen) atoms. The quantitative estimate of drug-likeness (QED) is 0.465. The Morgan fingerprint density at radius 3 is 1.62 bits per heavy atom. The summed E-state index contributed by atoms with van der Waals surface area (Å²) in [5, 5.41) is 17.5. The van der Waals surface area contributed by atoms with Gasteiger partial charge in [0.2, 0.25) is 0 Å². The minimum atomic E-state index is -0.827. The summed E-state index contributed by atoms with van der Waals surface area (Å²) in [6, 6.07) is 0. The van der Waals surface area contributed by atoms with E-state index in [0.717, 1.165) is 0 Å². The van der Waals surface area contributed by atoms with Crippen molar-refractivity contribution in [2.45, 2.75) is 38.9 Å². The molecule has 0 aromatic rings. The van der Waals surface area contributed by atoms with Crippen molar-refractivity contribution in [3.63, 3.8) is 0 Å². The van der Waals surface area contributed by atoms with Crippen LogP contribution in [0.5, 0.6) is 0 Å². The van der Waals surface area contributed by atoms with Crippen LogP contribution in [0.4, 0.5) is 0 Å². The Morgan fingerprint density at radius 1 is 1.08 bits per heavy atom. The van der Waals surface area contributed by atoms with Crippen molar-refractivity contribution in [2.24, 2.45) is 0 Å². The van der Waals surface area contributed by atoms with Crippen molar-refractivity contribution in [2.75, 3.05) is 0 Å². The Morgan fingerprint density at radius 2 is 1.38 bits per heavy atom. The molecule has 0 unspecified atom stereocenters. The number of aliphatic hydroxyl groups is 2. The highest BCUT2D eigenvalue weighted by Crippen LogP contribution is 1.97. The summed E-state index contributed by atoms with van der Waals surface area (Å²) in [6.45, 7) is 2.83. The third-order valence-corrected chi connectivity index (χ3v) is 1.15. The molecule has 2 atom stereocenters. The van der Waals surface area contributed by atoms with E-state index in [1.54, 1.807) is 0 Å². The van der Waals surface area contributed by atoms with Gasteiger partial charge in [-0.05, 0) is 13.8 Å². The van der Waals surface area contributed by atoms with E-state index in [-0.39, 0.29) is 12.8 Å². The Balaban J connectivity index is 3.72. The Labute approximate surface area is 76.3 Å². The molecule has 76 valence electrons. The smallest absolute Gasteiger partial charge is 0.316 e. The van der Waals surface area contributed by atoms with Crippen molar-refractivity contribution in [1.82, 2.24) is 0 Å². The van der Waals surface area contributed by atoms with Gasteiger partial charge in [0.25, 0.3) is 0 Å². The topological polar surface area (TPSA) is 83.8 Å². The maximum absolute atomic E-state index is 10.8. The van der Waals surface area contributed by atoms with E-state index in [9.17, 15) is 9.59 Å². The van der Waals surface area contributed by atoms with Crippen LogP contribution in [0.15, 0.2) is 0 Å². The molecular weight excluding hydrogens is 176 g/mol. The minimum absolute atomic E-state index is 0.217. The van der Waals surface area contributed by atoms with E-state index < -0.39 is 24.1 Å². The van der Waals surface area contributed by atoms with Gasteiger partial charge in [0.05, 0.1) is 25.0 Å². The van der Waals surface area contributed by atoms with Gasteiger partial charge in [0.15, 0.2) is 0 Å². The summed E-state index contributed by atoms with van der Waals surface area (Å²) in [7, 11) is 0. The van der Waals surface area contributed by atoms with Gasteiger partial charge in [-0.15, -0.1) is 0 Å². The SMILES string of the molecule is C[C@@H](O)CC(=O)OC(=O)C[C@@H](C)O. The van der Waals surface area contributed by atoms with Crippen molar-refractivity contribution in [3.05, 3.63) is 0 Å². The van der Waals surface area contributed by atoms with Gasteiger partial charge in [0.1, 0.15) is 0 Å². The predicted molar refractivity (Wildman–Crippen MR) is 43.7 cm³/mol. The van der Waals surface area contributed by atoms with E-state index in [1.165, 1.54) is 13.8 Å². The van der Waals surface area contributed by atoms with Crippen LogP contribution in [0.2, 0.25) is 0 Å². The van der Waals surface area contributed by atoms with Gasteiger partial charge < -0.3 is 14.9 Å². The summed E-state index contributed by atoms with van der Waals surface area (Å²) in [4.78, 5) is 21.5. The van der Waals surface area contributed by atoms with Crippen molar-refractivity contribution >= 4 is 11.9 Å². The maximum Gasteiger partial charge on any atom is 0.316 e. The summed E-state index contributed by atoms with van der Waals surface area (Å²) < 4.78 is 4.27. The molecule has 0 bridgehead atoms. The molecule has 0 aliphatic heterocycles. The van der Waals surface area contributed by atoms with E-state index >= 15 is 0 Å². The number of rotatable bonds is 4. The molecule has 0 saturated carbocycles. The molecule has 5 heteroatoms. The maximum atomic E-state index is 10.8. The number of carbonyl (C=O) groups excluding carboxylic acids is 2. The first-order valence-electron chi connectivity index (χ1n) is 4.01. The van der Waals surface area contributed by atoms with Crippen LogP contribution in [0.25, 0.3) is 0 Å². The molecule has 0 spiro atoms. The highest BCUT2D eigenvalue weighted by molar-refractivity contribution is 5.85. The van der Waals surface area contributed by atoms with Crippen LogP contribution in [0.1, 0.15) is 26.7 Å². The van der Waals surface area contributed by atoms with E-state index in [0.29, 0.717) is 0 Å². The van der Waals surface area contributed by atoms with Crippen LogP contribution in [-0.2, 0) is 14.3 Å². The average molecular weight is 190 g/mol. The normalized spacial score (nSPS) is 14.8. The summed E-state index contributed by atoms with van der Waals surface area (Å²) in [6.07, 6.45) is -2.09. The molecule has 0 heterocycles. The van der Waals surface area contributed by atoms with Crippen LogP contribution < -0.4 is 0 Å². The monoisotopic (exact) mass is 190 g/mol. The standard InChI is InChI=1S/C8H14O5/c1-5(9)3-7(11)13-8(12)4-6(2)10/h5-6,9-10H,3-4H2,1-2H3/t5-,6-/m1/s1. The first-order valence-corrected chi connectivity index (χ1v) is 4.01. The number of ether oxygens (including phenoxy) is 1. The zero-order valence-corrected chi connectivity index (χ0v) is 7.69. The molecule has 0 aliphatic rings. The minimum Gasteiger partial charge on any atom is -0.393 e. The molecule has 0 fully saturated rings. The molecule has 0 rings (SSSR count). The first kappa shape index (κ1) is 12.1. The predicted octanol–water partition coefficient (Wildman–Crippen LogP) is -0.402. The second-order valence-electron chi connectivity index (χ2n) is 2.95. The number of esters is 2. The van der Waals surface area contributed by atoms with Crippen molar-refractivity contribution < 1.29 is 24.5 Å². The number of aliphatic hydroxyl groups excluding tert-OH is 2. The van der Waals surface area contributed by atoms with Gasteiger partial charge >= 0.3 is 11.9 Å². The largest absolute Gasteiger partial charge is 0.393 e. The Kier molecular flexibility index (Phi) is 5.25. The lowest BCUT2D eigenvalue weighted by Crippen LogP contribution is -2.19. The van der Waals surface area contributed by atoms with Crippen LogP contribution in [-0.4, -0.2) is 34.4 Å². The van der Waals surface area contributed by atoms with E-state index in [4.69, 9.17) is 10.2 Å². The zero-order chi connectivity index (χ0) is 10.4. The lowest BCUT2D eigenvalue weighted by atomic mass is 10.3. The molecule has 0 aliphatic carbocycles. The molecule has 2 N–H and O–H groups in total. The molecule has 0 amide bonds. The van der Waals surface area contributed by atoms with Crippen LogP contribution in [0.3, 0.4) is 0 Å². The van der Waals surface area contributed by atoms with Gasteiger partial charge in [-0.25, -0.2) is 0 Å². The highest BCUT2D eigenvalue weighted by atomic mass is 16.6. The molecule has 5 nitrogen and oxygen atoms in total. The van der Waals surface area contributed by atoms with Gasteiger partial charge in [-0.2, -0.15) is 0 Å². The van der Waals surface area contributed by atoms with Crippen molar-refractivity contribution in [3.8, 4) is 0 Å². The second kappa shape index (κ2) is 5.66. The second-order valence-corrected chi connectivity index (χ2v) is 2.95. The third-order valence-electron chi connectivity index (χ3n) is 1.15. The van der Waals surface area contributed by atoms with Gasteiger partial charge in [-0.1, -0.05) is 0 Å². The average Bonchev–Trinajstić information content (AvgIpc) is 1.80. The fourth-order valence-electron chi connectivity index (χ4n) is 0.693. The molecule has 0 aromatic carbocycles. The lowest BCUT2D eigenvalue weighted by Gasteiger charge is -2.05. The molecule has 0 saturated heterocycles. The number of hydrogen-bond donors (Lipinski definition) is 2. The molecule has 0 radical (unpaired) electrons. The zero-order valence-electron chi connectivity index (χ0n) is 7.69. The third kappa shape index (κ3) is 7.42.